The number of benzene rings is 1. The zero-order valence-corrected chi connectivity index (χ0v) is 14.1. The summed E-state index contributed by atoms with van der Waals surface area (Å²) in [6, 6.07) is 3.64. The van der Waals surface area contributed by atoms with E-state index in [2.05, 4.69) is 15.9 Å². The highest BCUT2D eigenvalue weighted by atomic mass is 79.9. The molecule has 1 fully saturated rings. The van der Waals surface area contributed by atoms with E-state index in [9.17, 15) is 8.42 Å². The Bertz CT molecular complexity index is 589. The summed E-state index contributed by atoms with van der Waals surface area (Å²) in [5, 5.41) is 0. The molecular formula is C13H17BrClNO2S. The third kappa shape index (κ3) is 2.84. The first kappa shape index (κ1) is 15.3. The molecule has 1 aliphatic rings. The van der Waals surface area contributed by atoms with E-state index in [0.717, 1.165) is 24.0 Å². The van der Waals surface area contributed by atoms with Crippen LogP contribution in [0.1, 0.15) is 30.9 Å². The number of aryl methyl sites for hydroxylation is 1. The fourth-order valence-corrected chi connectivity index (χ4v) is 5.35. The summed E-state index contributed by atoms with van der Waals surface area (Å²) >= 11 is 9.24. The quantitative estimate of drug-likeness (QED) is 0.765. The van der Waals surface area contributed by atoms with E-state index >= 15 is 0 Å². The average Bonchev–Trinajstić information content (AvgIpc) is 2.79. The minimum atomic E-state index is -3.45. The van der Waals surface area contributed by atoms with Crippen LogP contribution in [0.3, 0.4) is 0 Å². The van der Waals surface area contributed by atoms with E-state index in [-0.39, 0.29) is 6.04 Å². The van der Waals surface area contributed by atoms with Gasteiger partial charge in [-0.05, 0) is 59.8 Å². The molecule has 2 rings (SSSR count). The Labute approximate surface area is 128 Å². The van der Waals surface area contributed by atoms with E-state index < -0.39 is 10.0 Å². The molecule has 0 radical (unpaired) electrons. The van der Waals surface area contributed by atoms with Gasteiger partial charge in [-0.1, -0.05) is 6.07 Å². The highest BCUT2D eigenvalue weighted by Crippen LogP contribution is 2.33. The molecule has 1 unspecified atom stereocenters. The van der Waals surface area contributed by atoms with Gasteiger partial charge in [0, 0.05) is 22.9 Å². The Hall–Kier alpha value is -0.100. The van der Waals surface area contributed by atoms with Gasteiger partial charge in [-0.15, -0.1) is 11.6 Å². The summed E-state index contributed by atoms with van der Waals surface area (Å²) in [6.45, 7) is 4.43. The van der Waals surface area contributed by atoms with E-state index in [4.69, 9.17) is 11.6 Å². The Kier molecular flexibility index (Phi) is 4.60. The summed E-state index contributed by atoms with van der Waals surface area (Å²) in [6.07, 6.45) is 1.84. The lowest BCUT2D eigenvalue weighted by Gasteiger charge is -2.22. The SMILES string of the molecule is Cc1cc(CCl)cc(S(=O)(=O)N2CCCC2C)c1Br. The number of halogens is 2. The van der Waals surface area contributed by atoms with Gasteiger partial charge in [-0.3, -0.25) is 0 Å². The maximum atomic E-state index is 12.7. The second kappa shape index (κ2) is 5.72. The Morgan fingerprint density at radius 1 is 1.47 bits per heavy atom. The minimum absolute atomic E-state index is 0.0665. The van der Waals surface area contributed by atoms with Crippen LogP contribution in [0, 0.1) is 6.92 Å². The van der Waals surface area contributed by atoms with Gasteiger partial charge in [0.05, 0.1) is 4.90 Å². The van der Waals surface area contributed by atoms with Crippen molar-refractivity contribution in [3.8, 4) is 0 Å². The van der Waals surface area contributed by atoms with Gasteiger partial charge in [0.25, 0.3) is 0 Å². The Morgan fingerprint density at radius 3 is 2.68 bits per heavy atom. The molecule has 1 saturated heterocycles. The molecular weight excluding hydrogens is 350 g/mol. The second-order valence-corrected chi connectivity index (χ2v) is 7.88. The van der Waals surface area contributed by atoms with E-state index in [1.54, 1.807) is 10.4 Å². The van der Waals surface area contributed by atoms with Crippen LogP contribution in [-0.2, 0) is 15.9 Å². The molecule has 3 nitrogen and oxygen atoms in total. The van der Waals surface area contributed by atoms with Crippen molar-refractivity contribution < 1.29 is 8.42 Å². The minimum Gasteiger partial charge on any atom is -0.207 e. The maximum absolute atomic E-state index is 12.7. The highest BCUT2D eigenvalue weighted by molar-refractivity contribution is 9.10. The normalized spacial score (nSPS) is 20.9. The van der Waals surface area contributed by atoms with Gasteiger partial charge in [0.15, 0.2) is 0 Å². The maximum Gasteiger partial charge on any atom is 0.244 e. The van der Waals surface area contributed by atoms with Crippen molar-refractivity contribution in [2.24, 2.45) is 0 Å². The van der Waals surface area contributed by atoms with Crippen LogP contribution in [0.4, 0.5) is 0 Å². The highest BCUT2D eigenvalue weighted by Gasteiger charge is 2.34. The third-order valence-corrected chi connectivity index (χ3v) is 7.18. The van der Waals surface area contributed by atoms with Crippen molar-refractivity contribution in [3.05, 3.63) is 27.7 Å². The molecule has 0 N–H and O–H groups in total. The number of nitrogens with zero attached hydrogens (tertiary/aromatic N) is 1. The molecule has 0 spiro atoms. The van der Waals surface area contributed by atoms with Gasteiger partial charge in [0.2, 0.25) is 10.0 Å². The molecule has 1 atom stereocenters. The molecule has 0 saturated carbocycles. The van der Waals surface area contributed by atoms with Crippen molar-refractivity contribution in [2.75, 3.05) is 6.54 Å². The topological polar surface area (TPSA) is 37.4 Å². The number of hydrogen-bond donors (Lipinski definition) is 0. The summed E-state index contributed by atoms with van der Waals surface area (Å²) in [5.74, 6) is 0.312. The number of alkyl halides is 1. The van der Waals surface area contributed by atoms with Gasteiger partial charge in [-0.25, -0.2) is 8.42 Å². The van der Waals surface area contributed by atoms with Gasteiger partial charge >= 0.3 is 0 Å². The lowest BCUT2D eigenvalue weighted by molar-refractivity contribution is 0.408. The largest absolute Gasteiger partial charge is 0.244 e. The lowest BCUT2D eigenvalue weighted by atomic mass is 10.2. The van der Waals surface area contributed by atoms with E-state index in [0.29, 0.717) is 21.8 Å². The lowest BCUT2D eigenvalue weighted by Crippen LogP contribution is -2.34. The van der Waals surface area contributed by atoms with Crippen LogP contribution in [-0.4, -0.2) is 25.3 Å². The van der Waals surface area contributed by atoms with Crippen LogP contribution in [0.25, 0.3) is 0 Å². The first-order valence-corrected chi connectivity index (χ1v) is 9.01. The number of hydrogen-bond acceptors (Lipinski definition) is 2. The molecule has 0 aromatic heterocycles. The van der Waals surface area contributed by atoms with E-state index in [1.165, 1.54) is 0 Å². The molecule has 106 valence electrons. The molecule has 1 aromatic rings. The van der Waals surface area contributed by atoms with Crippen LogP contribution >= 0.6 is 27.5 Å². The number of rotatable bonds is 3. The standard InChI is InChI=1S/C13H17BrClNO2S/c1-9-6-11(8-15)7-12(13(9)14)19(17,18)16-5-3-4-10(16)2/h6-7,10H,3-5,8H2,1-2H3. The first-order valence-electron chi connectivity index (χ1n) is 6.24. The molecule has 6 heteroatoms. The van der Waals surface area contributed by atoms with E-state index in [1.807, 2.05) is 19.9 Å². The predicted molar refractivity (Wildman–Crippen MR) is 81.0 cm³/mol. The summed E-state index contributed by atoms with van der Waals surface area (Å²) in [4.78, 5) is 0.330. The molecule has 0 bridgehead atoms. The molecule has 1 aromatic carbocycles. The number of sulfonamides is 1. The van der Waals surface area contributed by atoms with Crippen LogP contribution < -0.4 is 0 Å². The van der Waals surface area contributed by atoms with Gasteiger partial charge in [-0.2, -0.15) is 4.31 Å². The van der Waals surface area contributed by atoms with Gasteiger partial charge in [0.1, 0.15) is 0 Å². The smallest absolute Gasteiger partial charge is 0.207 e. The molecule has 0 amide bonds. The summed E-state index contributed by atoms with van der Waals surface area (Å²) < 4.78 is 27.7. The van der Waals surface area contributed by atoms with Crippen LogP contribution in [0.15, 0.2) is 21.5 Å². The predicted octanol–water partition coefficient (Wildman–Crippen LogP) is 3.67. The van der Waals surface area contributed by atoms with Crippen LogP contribution in [0.5, 0.6) is 0 Å². The fraction of sp³-hybridized carbons (Fsp3) is 0.538. The van der Waals surface area contributed by atoms with Crippen molar-refractivity contribution in [2.45, 2.75) is 43.5 Å². The fourth-order valence-electron chi connectivity index (χ4n) is 2.46. The second-order valence-electron chi connectivity index (χ2n) is 4.97. The molecule has 0 aliphatic carbocycles. The molecule has 19 heavy (non-hydrogen) atoms. The van der Waals surface area contributed by atoms with Crippen molar-refractivity contribution >= 4 is 37.6 Å². The van der Waals surface area contributed by atoms with Crippen molar-refractivity contribution in [3.63, 3.8) is 0 Å². The van der Waals surface area contributed by atoms with Gasteiger partial charge < -0.3 is 0 Å². The Balaban J connectivity index is 2.54. The monoisotopic (exact) mass is 365 g/mol. The summed E-state index contributed by atoms with van der Waals surface area (Å²) in [7, 11) is -3.45. The van der Waals surface area contributed by atoms with Crippen molar-refractivity contribution in [1.29, 1.82) is 0 Å². The third-order valence-electron chi connectivity index (χ3n) is 3.51. The zero-order chi connectivity index (χ0) is 14.2. The Morgan fingerprint density at radius 2 is 2.16 bits per heavy atom. The molecule has 1 aliphatic heterocycles. The van der Waals surface area contributed by atoms with Crippen LogP contribution in [0.2, 0.25) is 0 Å². The zero-order valence-electron chi connectivity index (χ0n) is 11.0. The molecule has 1 heterocycles. The average molecular weight is 367 g/mol. The summed E-state index contributed by atoms with van der Waals surface area (Å²) in [5.41, 5.74) is 1.72. The first-order chi connectivity index (χ1) is 8.87. The van der Waals surface area contributed by atoms with Crippen molar-refractivity contribution in [1.82, 2.24) is 4.31 Å².